The lowest BCUT2D eigenvalue weighted by Gasteiger charge is -2.32. The normalized spacial score (nSPS) is 21.8. The minimum absolute atomic E-state index is 0. The first kappa shape index (κ1) is 20.5. The summed E-state index contributed by atoms with van der Waals surface area (Å²) in [6, 6.07) is 9.29. The highest BCUT2D eigenvalue weighted by Crippen LogP contribution is 2.19. The van der Waals surface area contributed by atoms with Gasteiger partial charge in [-0.15, -0.1) is 12.4 Å². The summed E-state index contributed by atoms with van der Waals surface area (Å²) in [5.74, 6) is 0.625. The largest absolute Gasteiger partial charge is 0.492 e. The van der Waals surface area contributed by atoms with E-state index in [1.165, 1.54) is 0 Å². The zero-order chi connectivity index (χ0) is 17.7. The van der Waals surface area contributed by atoms with E-state index in [-0.39, 0.29) is 30.3 Å². The van der Waals surface area contributed by atoms with Gasteiger partial charge in [0.05, 0.1) is 18.1 Å². The monoisotopic (exact) mass is 383 g/mol. The summed E-state index contributed by atoms with van der Waals surface area (Å²) in [4.78, 5) is 26.3. The van der Waals surface area contributed by atoms with Crippen molar-refractivity contribution in [3.63, 3.8) is 0 Å². The molecular formula is C18H26ClN3O4. The quantitative estimate of drug-likeness (QED) is 0.754. The zero-order valence-corrected chi connectivity index (χ0v) is 15.5. The summed E-state index contributed by atoms with van der Waals surface area (Å²) in [7, 11) is 0. The lowest BCUT2D eigenvalue weighted by atomic mass is 9.90. The molecule has 0 aliphatic carbocycles. The molecule has 1 aromatic carbocycles. The Balaban J connectivity index is 0.00000243. The van der Waals surface area contributed by atoms with Gasteiger partial charge in [-0.05, 0) is 25.0 Å². The third kappa shape index (κ3) is 5.09. The summed E-state index contributed by atoms with van der Waals surface area (Å²) in [5, 5.41) is 2.93. The van der Waals surface area contributed by atoms with Gasteiger partial charge in [0.25, 0.3) is 0 Å². The lowest BCUT2D eigenvalue weighted by Crippen LogP contribution is -2.59. The molecule has 1 unspecified atom stereocenters. The van der Waals surface area contributed by atoms with Gasteiger partial charge in [0.1, 0.15) is 12.4 Å². The van der Waals surface area contributed by atoms with Gasteiger partial charge >= 0.3 is 0 Å². The molecule has 144 valence electrons. The molecule has 26 heavy (non-hydrogen) atoms. The molecule has 2 amide bonds. The minimum Gasteiger partial charge on any atom is -0.492 e. The van der Waals surface area contributed by atoms with E-state index in [1.807, 2.05) is 30.3 Å². The molecule has 2 heterocycles. The van der Waals surface area contributed by atoms with E-state index in [9.17, 15) is 9.59 Å². The molecule has 2 aliphatic heterocycles. The number of benzene rings is 1. The predicted octanol–water partition coefficient (Wildman–Crippen LogP) is 0.712. The summed E-state index contributed by atoms with van der Waals surface area (Å²) >= 11 is 0. The third-order valence-corrected chi connectivity index (χ3v) is 4.76. The molecule has 2 saturated heterocycles. The lowest BCUT2D eigenvalue weighted by molar-refractivity contribution is -0.130. The molecular weight excluding hydrogens is 358 g/mol. The van der Waals surface area contributed by atoms with E-state index in [4.69, 9.17) is 15.2 Å². The number of para-hydroxylation sites is 1. The first-order valence-corrected chi connectivity index (χ1v) is 8.70. The average molecular weight is 384 g/mol. The number of carbonyl (C=O) groups excluding carboxylic acids is 2. The van der Waals surface area contributed by atoms with Crippen LogP contribution in [0.3, 0.4) is 0 Å². The molecule has 0 saturated carbocycles. The Morgan fingerprint density at radius 1 is 1.31 bits per heavy atom. The van der Waals surface area contributed by atoms with Gasteiger partial charge in [-0.1, -0.05) is 18.2 Å². The van der Waals surface area contributed by atoms with Gasteiger partial charge in [-0.3, -0.25) is 9.59 Å². The van der Waals surface area contributed by atoms with Crippen LogP contribution in [-0.4, -0.2) is 61.2 Å². The molecule has 7 nitrogen and oxygen atoms in total. The SMILES string of the molecule is Cl.NC1(C(=O)NC2CC(=O)N(CCOc3ccccc3)C2)CCOCC1. The van der Waals surface area contributed by atoms with Crippen LogP contribution in [0, 0.1) is 0 Å². The van der Waals surface area contributed by atoms with Gasteiger partial charge in [0, 0.05) is 26.2 Å². The number of hydrogen-bond donors (Lipinski definition) is 2. The number of hydrogen-bond acceptors (Lipinski definition) is 5. The first-order valence-electron chi connectivity index (χ1n) is 8.70. The second-order valence-corrected chi connectivity index (χ2v) is 6.64. The average Bonchev–Trinajstić information content (AvgIpc) is 2.96. The fraction of sp³-hybridized carbons (Fsp3) is 0.556. The van der Waals surface area contributed by atoms with Crippen molar-refractivity contribution in [2.45, 2.75) is 30.8 Å². The molecule has 2 aliphatic rings. The zero-order valence-electron chi connectivity index (χ0n) is 14.7. The molecule has 0 aromatic heterocycles. The summed E-state index contributed by atoms with van der Waals surface area (Å²) in [5.41, 5.74) is 5.30. The van der Waals surface area contributed by atoms with Gasteiger partial charge in [0.15, 0.2) is 0 Å². The maximum atomic E-state index is 12.4. The summed E-state index contributed by atoms with van der Waals surface area (Å²) in [6.45, 7) is 2.42. The fourth-order valence-electron chi connectivity index (χ4n) is 3.17. The predicted molar refractivity (Wildman–Crippen MR) is 99.3 cm³/mol. The molecule has 3 N–H and O–H groups in total. The molecule has 3 rings (SSSR count). The summed E-state index contributed by atoms with van der Waals surface area (Å²) in [6.07, 6.45) is 1.33. The maximum absolute atomic E-state index is 12.4. The van der Waals surface area contributed by atoms with E-state index < -0.39 is 5.54 Å². The van der Waals surface area contributed by atoms with Crippen molar-refractivity contribution in [2.75, 3.05) is 32.9 Å². The number of nitrogens with two attached hydrogens (primary N) is 1. The van der Waals surface area contributed by atoms with Crippen molar-refractivity contribution < 1.29 is 19.1 Å². The van der Waals surface area contributed by atoms with Crippen LogP contribution in [-0.2, 0) is 14.3 Å². The number of nitrogens with one attached hydrogen (secondary N) is 1. The smallest absolute Gasteiger partial charge is 0.240 e. The van der Waals surface area contributed by atoms with Crippen LogP contribution in [0.1, 0.15) is 19.3 Å². The molecule has 1 aromatic rings. The van der Waals surface area contributed by atoms with E-state index in [1.54, 1.807) is 4.90 Å². The Kier molecular flexibility index (Phi) is 7.25. The van der Waals surface area contributed by atoms with Crippen molar-refractivity contribution in [3.05, 3.63) is 30.3 Å². The van der Waals surface area contributed by atoms with Crippen molar-refractivity contribution in [3.8, 4) is 5.75 Å². The standard InChI is InChI=1S/C18H25N3O4.ClH/c19-18(6-9-24-10-7-18)17(23)20-14-12-16(22)21(13-14)8-11-25-15-4-2-1-3-5-15;/h1-5,14H,6-13,19H2,(H,20,23);1H. The van der Waals surface area contributed by atoms with E-state index in [2.05, 4.69) is 5.32 Å². The van der Waals surface area contributed by atoms with Crippen molar-refractivity contribution in [1.29, 1.82) is 0 Å². The van der Waals surface area contributed by atoms with Crippen LogP contribution in [0.4, 0.5) is 0 Å². The molecule has 0 bridgehead atoms. The molecule has 2 fully saturated rings. The van der Waals surface area contributed by atoms with Gasteiger partial charge in [-0.25, -0.2) is 0 Å². The van der Waals surface area contributed by atoms with Gasteiger partial charge < -0.3 is 25.4 Å². The second kappa shape index (κ2) is 9.21. The minimum atomic E-state index is -0.884. The Labute approximate surface area is 159 Å². The van der Waals surface area contributed by atoms with Crippen LogP contribution < -0.4 is 15.8 Å². The number of nitrogens with zero attached hydrogens (tertiary/aromatic N) is 1. The van der Waals surface area contributed by atoms with Crippen LogP contribution in [0.15, 0.2) is 30.3 Å². The van der Waals surface area contributed by atoms with Crippen LogP contribution in [0.5, 0.6) is 5.75 Å². The number of likely N-dealkylation sites (tertiary alicyclic amines) is 1. The Morgan fingerprint density at radius 3 is 2.69 bits per heavy atom. The number of ether oxygens (including phenoxy) is 2. The van der Waals surface area contributed by atoms with E-state index in [0.717, 1.165) is 5.75 Å². The third-order valence-electron chi connectivity index (χ3n) is 4.76. The van der Waals surface area contributed by atoms with Gasteiger partial charge in [0.2, 0.25) is 11.8 Å². The number of halogens is 1. The Hall–Kier alpha value is -1.83. The Bertz CT molecular complexity index is 608. The first-order chi connectivity index (χ1) is 12.1. The molecule has 0 radical (unpaired) electrons. The second-order valence-electron chi connectivity index (χ2n) is 6.64. The molecule has 1 atom stereocenters. The molecule has 8 heteroatoms. The van der Waals surface area contributed by atoms with Gasteiger partial charge in [-0.2, -0.15) is 0 Å². The van der Waals surface area contributed by atoms with Crippen molar-refractivity contribution in [1.82, 2.24) is 10.2 Å². The number of rotatable bonds is 6. The Morgan fingerprint density at radius 2 is 2.00 bits per heavy atom. The van der Waals surface area contributed by atoms with Crippen LogP contribution in [0.25, 0.3) is 0 Å². The summed E-state index contributed by atoms with van der Waals surface area (Å²) < 4.78 is 10.9. The molecule has 0 spiro atoms. The highest BCUT2D eigenvalue weighted by Gasteiger charge is 2.39. The topological polar surface area (TPSA) is 93.9 Å². The van der Waals surface area contributed by atoms with E-state index in [0.29, 0.717) is 52.2 Å². The van der Waals surface area contributed by atoms with Crippen LogP contribution in [0.2, 0.25) is 0 Å². The highest BCUT2D eigenvalue weighted by molar-refractivity contribution is 5.88. The highest BCUT2D eigenvalue weighted by atomic mass is 35.5. The fourth-order valence-corrected chi connectivity index (χ4v) is 3.17. The number of amides is 2. The van der Waals surface area contributed by atoms with Crippen LogP contribution >= 0.6 is 12.4 Å². The number of carbonyl (C=O) groups is 2. The van der Waals surface area contributed by atoms with E-state index >= 15 is 0 Å². The van der Waals surface area contributed by atoms with Crippen molar-refractivity contribution in [2.24, 2.45) is 5.73 Å². The maximum Gasteiger partial charge on any atom is 0.240 e. The van der Waals surface area contributed by atoms with Crippen molar-refractivity contribution >= 4 is 24.2 Å².